The molecule has 5 heteroatoms. The van der Waals surface area contributed by atoms with Crippen molar-refractivity contribution in [1.82, 2.24) is 19.5 Å². The first-order valence-corrected chi connectivity index (χ1v) is 19.6. The normalized spacial score (nSPS) is 12.1. The summed E-state index contributed by atoms with van der Waals surface area (Å²) in [6.07, 6.45) is 0. The van der Waals surface area contributed by atoms with Gasteiger partial charge in [-0.15, -0.1) is 0 Å². The summed E-state index contributed by atoms with van der Waals surface area (Å²) in [7, 11) is 0. The average molecular weight is 739 g/mol. The lowest BCUT2D eigenvalue weighted by atomic mass is 9.92. The lowest BCUT2D eigenvalue weighted by Crippen LogP contribution is -2.00. The highest BCUT2D eigenvalue weighted by Crippen LogP contribution is 2.46. The number of aromatic nitrogens is 4. The van der Waals surface area contributed by atoms with Gasteiger partial charge in [0.05, 0.1) is 22.1 Å². The van der Waals surface area contributed by atoms with Crippen molar-refractivity contribution in [3.63, 3.8) is 0 Å². The monoisotopic (exact) mass is 738 g/mol. The third-order valence-corrected chi connectivity index (χ3v) is 11.9. The van der Waals surface area contributed by atoms with E-state index in [-0.39, 0.29) is 0 Å². The highest BCUT2D eigenvalue weighted by Gasteiger charge is 2.24. The Morgan fingerprint density at radius 3 is 1.74 bits per heavy atom. The molecule has 0 fully saturated rings. The Kier molecular flexibility index (Phi) is 6.38. The van der Waals surface area contributed by atoms with Gasteiger partial charge in [-0.3, -0.25) is 0 Å². The van der Waals surface area contributed by atoms with Gasteiger partial charge >= 0.3 is 0 Å². The van der Waals surface area contributed by atoms with Crippen LogP contribution in [0.2, 0.25) is 0 Å². The van der Waals surface area contributed by atoms with Crippen molar-refractivity contribution in [1.29, 1.82) is 0 Å². The van der Waals surface area contributed by atoms with E-state index in [0.29, 0.717) is 17.5 Å². The molecule has 58 heavy (non-hydrogen) atoms. The van der Waals surface area contributed by atoms with Crippen molar-refractivity contribution in [3.8, 4) is 39.9 Å². The molecule has 3 aromatic heterocycles. The van der Waals surface area contributed by atoms with Crippen molar-refractivity contribution >= 4 is 86.8 Å². The standard InChI is InChI=1S/C53H30N4O/c1-3-13-33(14-4-1)51-54-52(34-15-5-2-6-16-34)56-53(55-51)40-30-41-49-43(23-12-24-45(49)58-50(41)37-20-8-7-19-36(37)40)57-42-22-10-9-21-38(42)48-39-28-27-32-18-11-17-31-25-26-35(29-44(48)57)47(39)46(31)32/h1-30H. The summed E-state index contributed by atoms with van der Waals surface area (Å²) in [6.45, 7) is 0. The predicted octanol–water partition coefficient (Wildman–Crippen LogP) is 13.9. The van der Waals surface area contributed by atoms with Crippen LogP contribution in [0.4, 0.5) is 0 Å². The van der Waals surface area contributed by atoms with Crippen molar-refractivity contribution in [2.75, 3.05) is 0 Å². The second kappa shape index (κ2) is 11.8. The van der Waals surface area contributed by atoms with Gasteiger partial charge in [0.15, 0.2) is 17.5 Å². The molecule has 0 aliphatic heterocycles. The van der Waals surface area contributed by atoms with E-state index >= 15 is 0 Å². The molecule has 0 radical (unpaired) electrons. The molecule has 5 nitrogen and oxygen atoms in total. The van der Waals surface area contributed by atoms with Crippen molar-refractivity contribution in [2.45, 2.75) is 0 Å². The first-order valence-electron chi connectivity index (χ1n) is 19.6. The van der Waals surface area contributed by atoms with Crippen molar-refractivity contribution < 1.29 is 4.42 Å². The van der Waals surface area contributed by atoms with Crippen LogP contribution in [0.1, 0.15) is 0 Å². The largest absolute Gasteiger partial charge is 0.455 e. The molecule has 0 saturated carbocycles. The Bertz CT molecular complexity index is 3720. The molecule has 0 atom stereocenters. The zero-order valence-corrected chi connectivity index (χ0v) is 31.0. The second-order valence-corrected chi connectivity index (χ2v) is 15.1. The Morgan fingerprint density at radius 1 is 0.362 bits per heavy atom. The van der Waals surface area contributed by atoms with Crippen LogP contribution in [0.5, 0.6) is 0 Å². The van der Waals surface area contributed by atoms with E-state index in [1.807, 2.05) is 60.7 Å². The first-order chi connectivity index (χ1) is 28.8. The Morgan fingerprint density at radius 2 is 0.983 bits per heavy atom. The molecule has 10 aromatic carbocycles. The fourth-order valence-electron chi connectivity index (χ4n) is 9.45. The van der Waals surface area contributed by atoms with Crippen LogP contribution in [0.3, 0.4) is 0 Å². The van der Waals surface area contributed by atoms with Gasteiger partial charge in [0.2, 0.25) is 0 Å². The fourth-order valence-corrected chi connectivity index (χ4v) is 9.45. The summed E-state index contributed by atoms with van der Waals surface area (Å²) in [6, 6.07) is 64.3. The van der Waals surface area contributed by atoms with Gasteiger partial charge in [-0.05, 0) is 68.0 Å². The zero-order valence-electron chi connectivity index (χ0n) is 31.0. The Hall–Kier alpha value is -7.89. The average Bonchev–Trinajstić information content (AvgIpc) is 3.84. The van der Waals surface area contributed by atoms with Gasteiger partial charge < -0.3 is 8.98 Å². The summed E-state index contributed by atoms with van der Waals surface area (Å²) >= 11 is 0. The van der Waals surface area contributed by atoms with Crippen molar-refractivity contribution in [2.24, 2.45) is 0 Å². The van der Waals surface area contributed by atoms with E-state index in [2.05, 4.69) is 126 Å². The molecule has 0 bridgehead atoms. The molecule has 3 heterocycles. The van der Waals surface area contributed by atoms with E-state index in [0.717, 1.165) is 66.1 Å². The number of benzene rings is 10. The number of hydrogen-bond donors (Lipinski definition) is 0. The van der Waals surface area contributed by atoms with Crippen LogP contribution < -0.4 is 0 Å². The number of hydrogen-bond acceptors (Lipinski definition) is 4. The maximum absolute atomic E-state index is 6.90. The summed E-state index contributed by atoms with van der Waals surface area (Å²) in [5, 5.41) is 14.2. The molecule has 0 spiro atoms. The van der Waals surface area contributed by atoms with Crippen molar-refractivity contribution in [3.05, 3.63) is 182 Å². The van der Waals surface area contributed by atoms with E-state index < -0.39 is 0 Å². The summed E-state index contributed by atoms with van der Waals surface area (Å²) in [5.41, 5.74) is 7.81. The van der Waals surface area contributed by atoms with Gasteiger partial charge in [0.1, 0.15) is 11.2 Å². The quantitative estimate of drug-likeness (QED) is 0.169. The highest BCUT2D eigenvalue weighted by atomic mass is 16.3. The number of para-hydroxylation sites is 1. The maximum atomic E-state index is 6.90. The fraction of sp³-hybridized carbons (Fsp3) is 0. The van der Waals surface area contributed by atoms with Crippen LogP contribution in [0.15, 0.2) is 186 Å². The van der Waals surface area contributed by atoms with Crippen LogP contribution in [-0.4, -0.2) is 19.5 Å². The van der Waals surface area contributed by atoms with Gasteiger partial charge in [-0.25, -0.2) is 15.0 Å². The van der Waals surface area contributed by atoms with E-state index in [9.17, 15) is 0 Å². The van der Waals surface area contributed by atoms with Crippen LogP contribution in [0, 0.1) is 0 Å². The minimum absolute atomic E-state index is 0.610. The minimum Gasteiger partial charge on any atom is -0.455 e. The molecule has 13 rings (SSSR count). The molecular weight excluding hydrogens is 709 g/mol. The lowest BCUT2D eigenvalue weighted by molar-refractivity contribution is 0.672. The summed E-state index contributed by atoms with van der Waals surface area (Å²) in [5.74, 6) is 1.86. The van der Waals surface area contributed by atoms with Gasteiger partial charge in [0.25, 0.3) is 0 Å². The zero-order chi connectivity index (χ0) is 37.9. The predicted molar refractivity (Wildman–Crippen MR) is 239 cm³/mol. The number of fused-ring (bicyclic) bond motifs is 9. The molecular formula is C53H30N4O. The third kappa shape index (κ3) is 4.38. The number of nitrogens with zero attached hydrogens (tertiary/aromatic N) is 4. The Labute approximate surface area is 331 Å². The summed E-state index contributed by atoms with van der Waals surface area (Å²) < 4.78 is 9.34. The summed E-state index contributed by atoms with van der Waals surface area (Å²) in [4.78, 5) is 15.4. The minimum atomic E-state index is 0.610. The van der Waals surface area contributed by atoms with Crippen LogP contribution >= 0.6 is 0 Å². The van der Waals surface area contributed by atoms with Crippen LogP contribution in [-0.2, 0) is 0 Å². The lowest BCUT2D eigenvalue weighted by Gasteiger charge is -2.14. The van der Waals surface area contributed by atoms with E-state index in [1.165, 1.54) is 43.1 Å². The molecule has 0 amide bonds. The van der Waals surface area contributed by atoms with Gasteiger partial charge in [-0.2, -0.15) is 0 Å². The number of rotatable bonds is 4. The van der Waals surface area contributed by atoms with Gasteiger partial charge in [-0.1, -0.05) is 152 Å². The molecule has 0 aliphatic rings. The molecule has 0 unspecified atom stereocenters. The second-order valence-electron chi connectivity index (χ2n) is 15.1. The van der Waals surface area contributed by atoms with E-state index in [4.69, 9.17) is 19.4 Å². The first kappa shape index (κ1) is 31.3. The highest BCUT2D eigenvalue weighted by molar-refractivity contribution is 6.33. The molecule has 0 saturated heterocycles. The molecule has 13 aromatic rings. The molecule has 0 N–H and O–H groups in total. The topological polar surface area (TPSA) is 56.7 Å². The number of furan rings is 1. The SMILES string of the molecule is c1ccc(-c2nc(-c3ccccc3)nc(-c3cc4c(oc5cccc(-n6c7ccccc7c7c8ccc9cccc%10ccc(cc76)c8c%109)c54)c4ccccc34)n2)cc1. The Balaban J connectivity index is 1.14. The molecule has 268 valence electrons. The van der Waals surface area contributed by atoms with Gasteiger partial charge in [0, 0.05) is 38.2 Å². The third-order valence-electron chi connectivity index (χ3n) is 11.9. The van der Waals surface area contributed by atoms with Crippen LogP contribution in [0.25, 0.3) is 127 Å². The molecule has 0 aliphatic carbocycles. The maximum Gasteiger partial charge on any atom is 0.164 e. The smallest absolute Gasteiger partial charge is 0.164 e. The van der Waals surface area contributed by atoms with E-state index in [1.54, 1.807) is 0 Å².